The summed E-state index contributed by atoms with van der Waals surface area (Å²) in [6, 6.07) is 9.78. The number of halogens is 3. The highest BCUT2D eigenvalue weighted by Crippen LogP contribution is 2.39. The lowest BCUT2D eigenvalue weighted by molar-refractivity contribution is 0.305. The lowest BCUT2D eigenvalue weighted by Gasteiger charge is -2.16. The van der Waals surface area contributed by atoms with E-state index in [-0.39, 0.29) is 5.38 Å². The van der Waals surface area contributed by atoms with Crippen molar-refractivity contribution in [2.45, 2.75) is 44.4 Å². The molecule has 0 spiro atoms. The third kappa shape index (κ3) is 6.13. The fourth-order valence-electron chi connectivity index (χ4n) is 2.63. The largest absolute Gasteiger partial charge is 0.491 e. The minimum Gasteiger partial charge on any atom is -0.491 e. The Balaban J connectivity index is 2.15. The van der Waals surface area contributed by atoms with E-state index in [4.69, 9.17) is 44.3 Å². The quantitative estimate of drug-likeness (QED) is 0.295. The Labute approximate surface area is 165 Å². The fraction of sp³-hybridized carbons (Fsp3) is 0.500. The van der Waals surface area contributed by atoms with Gasteiger partial charge in [-0.1, -0.05) is 62.1 Å². The molecule has 2 aromatic rings. The van der Waals surface area contributed by atoms with Crippen molar-refractivity contribution in [2.75, 3.05) is 19.1 Å². The van der Waals surface area contributed by atoms with Crippen LogP contribution in [0.1, 0.15) is 39.0 Å². The lowest BCUT2D eigenvalue weighted by Crippen LogP contribution is -2.12. The third-order valence-electron chi connectivity index (χ3n) is 4.00. The topological polar surface area (TPSA) is 18.5 Å². The molecule has 1 atom stereocenters. The zero-order chi connectivity index (χ0) is 18.1. The first-order valence-electron chi connectivity index (χ1n) is 8.84. The van der Waals surface area contributed by atoms with E-state index in [0.717, 1.165) is 28.7 Å². The van der Waals surface area contributed by atoms with Crippen molar-refractivity contribution in [1.82, 2.24) is 0 Å². The standard InChI is InChI=1S/C20H25Cl3O2/c1-2-3-4-7-12-24-20-17-9-6-5-8-16(17)19(13-18(20)23)25-14-15(22)10-11-21/h5-6,8-9,13,15H,2-4,7,10-12,14H2,1H3. The number of ether oxygens (including phenoxy) is 2. The maximum absolute atomic E-state index is 6.47. The minimum atomic E-state index is -0.121. The minimum absolute atomic E-state index is 0.121. The van der Waals surface area contributed by atoms with Crippen LogP contribution in [0.15, 0.2) is 30.3 Å². The van der Waals surface area contributed by atoms with Crippen LogP contribution in [0.25, 0.3) is 10.8 Å². The van der Waals surface area contributed by atoms with Gasteiger partial charge in [0.2, 0.25) is 0 Å². The van der Waals surface area contributed by atoms with E-state index in [0.29, 0.717) is 30.5 Å². The molecule has 5 heteroatoms. The second-order valence-corrected chi connectivity index (χ2v) is 7.43. The Morgan fingerprint density at radius 3 is 2.52 bits per heavy atom. The van der Waals surface area contributed by atoms with Gasteiger partial charge in [-0.3, -0.25) is 0 Å². The van der Waals surface area contributed by atoms with Crippen molar-refractivity contribution in [3.05, 3.63) is 35.4 Å². The molecule has 0 aliphatic heterocycles. The van der Waals surface area contributed by atoms with Gasteiger partial charge in [0.15, 0.2) is 0 Å². The highest BCUT2D eigenvalue weighted by Gasteiger charge is 2.14. The second-order valence-electron chi connectivity index (χ2n) is 6.03. The zero-order valence-electron chi connectivity index (χ0n) is 14.6. The Morgan fingerprint density at radius 1 is 1.04 bits per heavy atom. The van der Waals surface area contributed by atoms with Gasteiger partial charge in [-0.25, -0.2) is 0 Å². The molecule has 0 fully saturated rings. The van der Waals surface area contributed by atoms with Gasteiger partial charge in [0.1, 0.15) is 18.1 Å². The van der Waals surface area contributed by atoms with E-state index in [1.54, 1.807) is 0 Å². The van der Waals surface area contributed by atoms with Gasteiger partial charge in [-0.05, 0) is 12.8 Å². The zero-order valence-corrected chi connectivity index (χ0v) is 16.8. The number of benzene rings is 2. The van der Waals surface area contributed by atoms with Crippen LogP contribution in [0.4, 0.5) is 0 Å². The number of hydrogen-bond acceptors (Lipinski definition) is 2. The van der Waals surface area contributed by atoms with E-state index in [9.17, 15) is 0 Å². The first-order valence-corrected chi connectivity index (χ1v) is 10.2. The molecule has 0 heterocycles. The van der Waals surface area contributed by atoms with Crippen molar-refractivity contribution >= 4 is 45.6 Å². The molecule has 0 N–H and O–H groups in total. The van der Waals surface area contributed by atoms with Crippen molar-refractivity contribution in [2.24, 2.45) is 0 Å². The molecule has 25 heavy (non-hydrogen) atoms. The molecule has 2 aromatic carbocycles. The molecular weight excluding hydrogens is 379 g/mol. The van der Waals surface area contributed by atoms with Crippen molar-refractivity contribution in [3.8, 4) is 11.5 Å². The van der Waals surface area contributed by atoms with Crippen LogP contribution in [0.3, 0.4) is 0 Å². The number of fused-ring (bicyclic) bond motifs is 1. The Kier molecular flexibility index (Phi) is 9.02. The summed E-state index contributed by atoms with van der Waals surface area (Å²) in [4.78, 5) is 0. The number of alkyl halides is 2. The van der Waals surface area contributed by atoms with E-state index in [2.05, 4.69) is 6.92 Å². The van der Waals surface area contributed by atoms with Crippen molar-refractivity contribution in [3.63, 3.8) is 0 Å². The molecule has 138 valence electrons. The highest BCUT2D eigenvalue weighted by molar-refractivity contribution is 6.33. The summed E-state index contributed by atoms with van der Waals surface area (Å²) in [7, 11) is 0. The average Bonchev–Trinajstić information content (AvgIpc) is 2.61. The smallest absolute Gasteiger partial charge is 0.145 e. The predicted molar refractivity (Wildman–Crippen MR) is 109 cm³/mol. The molecular formula is C20H25Cl3O2. The van der Waals surface area contributed by atoms with Crippen LogP contribution >= 0.6 is 34.8 Å². The van der Waals surface area contributed by atoms with Gasteiger partial charge in [0.05, 0.1) is 17.0 Å². The SMILES string of the molecule is CCCCCCOc1c(Cl)cc(OCC(Cl)CCCl)c2ccccc12. The summed E-state index contributed by atoms with van der Waals surface area (Å²) in [5, 5.41) is 2.38. The Hall–Kier alpha value is -0.830. The van der Waals surface area contributed by atoms with E-state index in [1.807, 2.05) is 30.3 Å². The maximum Gasteiger partial charge on any atom is 0.145 e. The molecule has 0 radical (unpaired) electrons. The van der Waals surface area contributed by atoms with Crippen LogP contribution in [0.5, 0.6) is 11.5 Å². The van der Waals surface area contributed by atoms with Gasteiger partial charge in [-0.2, -0.15) is 0 Å². The van der Waals surface area contributed by atoms with Gasteiger partial charge in [-0.15, -0.1) is 23.2 Å². The molecule has 2 nitrogen and oxygen atoms in total. The van der Waals surface area contributed by atoms with E-state index in [1.165, 1.54) is 19.3 Å². The van der Waals surface area contributed by atoms with Crippen LogP contribution in [-0.4, -0.2) is 24.5 Å². The molecule has 0 bridgehead atoms. The predicted octanol–water partition coefficient (Wildman–Crippen LogP) is 7.07. The molecule has 0 aliphatic rings. The number of rotatable bonds is 11. The summed E-state index contributed by atoms with van der Waals surface area (Å²) in [5.41, 5.74) is 0. The summed E-state index contributed by atoms with van der Waals surface area (Å²) in [5.74, 6) is 1.97. The third-order valence-corrected chi connectivity index (χ3v) is 4.84. The molecule has 0 amide bonds. The average molecular weight is 404 g/mol. The molecule has 0 saturated carbocycles. The van der Waals surface area contributed by atoms with Crippen LogP contribution < -0.4 is 9.47 Å². The van der Waals surface area contributed by atoms with Gasteiger partial charge >= 0.3 is 0 Å². The van der Waals surface area contributed by atoms with Crippen LogP contribution in [0, 0.1) is 0 Å². The summed E-state index contributed by atoms with van der Waals surface area (Å²) >= 11 is 18.4. The van der Waals surface area contributed by atoms with Crippen LogP contribution in [0.2, 0.25) is 5.02 Å². The molecule has 0 saturated heterocycles. The van der Waals surface area contributed by atoms with Crippen molar-refractivity contribution in [1.29, 1.82) is 0 Å². The monoisotopic (exact) mass is 402 g/mol. The molecule has 0 aromatic heterocycles. The lowest BCUT2D eigenvalue weighted by atomic mass is 10.1. The van der Waals surface area contributed by atoms with E-state index >= 15 is 0 Å². The summed E-state index contributed by atoms with van der Waals surface area (Å²) in [6.45, 7) is 3.26. The van der Waals surface area contributed by atoms with Gasteiger partial charge in [0.25, 0.3) is 0 Å². The first-order chi connectivity index (χ1) is 12.2. The Morgan fingerprint density at radius 2 is 1.80 bits per heavy atom. The highest BCUT2D eigenvalue weighted by atomic mass is 35.5. The molecule has 2 rings (SSSR count). The number of hydrogen-bond donors (Lipinski definition) is 0. The maximum atomic E-state index is 6.47. The summed E-state index contributed by atoms with van der Waals surface area (Å²) in [6.07, 6.45) is 5.34. The fourth-order valence-corrected chi connectivity index (χ4v) is 3.44. The second kappa shape index (κ2) is 11.0. The molecule has 0 aliphatic carbocycles. The first kappa shape index (κ1) is 20.5. The Bertz CT molecular complexity index is 661. The molecule has 1 unspecified atom stereocenters. The van der Waals surface area contributed by atoms with Gasteiger partial charge < -0.3 is 9.47 Å². The van der Waals surface area contributed by atoms with Crippen LogP contribution in [-0.2, 0) is 0 Å². The normalized spacial score (nSPS) is 12.3. The van der Waals surface area contributed by atoms with Gasteiger partial charge in [0, 0.05) is 22.7 Å². The van der Waals surface area contributed by atoms with E-state index < -0.39 is 0 Å². The van der Waals surface area contributed by atoms with Crippen molar-refractivity contribution < 1.29 is 9.47 Å². The summed E-state index contributed by atoms with van der Waals surface area (Å²) < 4.78 is 11.9. The number of unbranched alkanes of at least 4 members (excludes halogenated alkanes) is 3.